The molecule has 0 spiro atoms. The van der Waals surface area contributed by atoms with E-state index in [1.165, 1.54) is 0 Å². The Kier molecular flexibility index (Phi) is 12.8. The fourth-order valence-electron chi connectivity index (χ4n) is 2.19. The highest BCUT2D eigenvalue weighted by atomic mass is 127. The molecule has 0 atom stereocenters. The van der Waals surface area contributed by atoms with Crippen LogP contribution in [0, 0.1) is 5.41 Å². The minimum absolute atomic E-state index is 0. The van der Waals surface area contributed by atoms with Gasteiger partial charge in [0, 0.05) is 13.1 Å². The summed E-state index contributed by atoms with van der Waals surface area (Å²) in [7, 11) is 0. The third-order valence-corrected chi connectivity index (χ3v) is 4.36. The number of nitrogens with two attached hydrogens (primary N) is 1. The number of hydrogen-bond acceptors (Lipinski definition) is 4. The first-order valence-electron chi connectivity index (χ1n) is 9.64. The molecule has 0 saturated carbocycles. The van der Waals surface area contributed by atoms with Crippen molar-refractivity contribution in [2.45, 2.75) is 79.4 Å². The van der Waals surface area contributed by atoms with Gasteiger partial charge in [0.25, 0.3) is 0 Å². The van der Waals surface area contributed by atoms with Gasteiger partial charge >= 0.3 is 6.09 Å². The van der Waals surface area contributed by atoms with Gasteiger partial charge in [-0.1, -0.05) is 13.8 Å². The number of alkyl carbamates (subject to hydrolysis) is 1. The first-order chi connectivity index (χ1) is 12.3. The summed E-state index contributed by atoms with van der Waals surface area (Å²) in [6.07, 6.45) is 1.01. The second kappa shape index (κ2) is 12.3. The Morgan fingerprint density at radius 1 is 1.00 bits per heavy atom. The molecule has 28 heavy (non-hydrogen) atoms. The van der Waals surface area contributed by atoms with Crippen LogP contribution in [-0.2, 0) is 9.53 Å². The minimum Gasteiger partial charge on any atom is -0.444 e. The average molecular weight is 513 g/mol. The number of nitrogens with zero attached hydrogens (tertiary/aromatic N) is 1. The molecule has 0 aliphatic rings. The van der Waals surface area contributed by atoms with Crippen LogP contribution in [0.1, 0.15) is 68.2 Å². The molecular weight excluding hydrogens is 473 g/mol. The SMILES string of the molecule is CCNC(=NCC(C)(C)C(N)=O)NCC(CC)(CC)NC(=O)OC(C)(C)C.I. The predicted octanol–water partition coefficient (Wildman–Crippen LogP) is 2.75. The second-order valence-electron chi connectivity index (χ2n) is 8.41. The third kappa shape index (κ3) is 10.9. The van der Waals surface area contributed by atoms with Crippen LogP contribution in [-0.4, -0.2) is 48.7 Å². The Hall–Kier alpha value is -1.26. The second-order valence-corrected chi connectivity index (χ2v) is 8.41. The maximum atomic E-state index is 12.2. The zero-order valence-corrected chi connectivity index (χ0v) is 21.0. The van der Waals surface area contributed by atoms with Gasteiger partial charge in [-0.05, 0) is 54.4 Å². The number of halogens is 1. The number of primary amides is 1. The van der Waals surface area contributed by atoms with Crippen LogP contribution in [0.4, 0.5) is 4.79 Å². The summed E-state index contributed by atoms with van der Waals surface area (Å²) in [5.41, 5.74) is 3.65. The lowest BCUT2D eigenvalue weighted by molar-refractivity contribution is -0.125. The van der Waals surface area contributed by atoms with Gasteiger partial charge in [-0.15, -0.1) is 24.0 Å². The van der Waals surface area contributed by atoms with Gasteiger partial charge in [0.1, 0.15) is 5.60 Å². The number of nitrogens with one attached hydrogen (secondary N) is 3. The molecule has 9 heteroatoms. The van der Waals surface area contributed by atoms with Crippen LogP contribution in [0.5, 0.6) is 0 Å². The van der Waals surface area contributed by atoms with E-state index >= 15 is 0 Å². The Morgan fingerprint density at radius 2 is 1.54 bits per heavy atom. The van der Waals surface area contributed by atoms with E-state index in [1.807, 2.05) is 41.5 Å². The van der Waals surface area contributed by atoms with E-state index in [0.29, 0.717) is 19.0 Å². The highest BCUT2D eigenvalue weighted by Gasteiger charge is 2.31. The van der Waals surface area contributed by atoms with Crippen LogP contribution in [0.3, 0.4) is 0 Å². The first-order valence-corrected chi connectivity index (χ1v) is 9.64. The van der Waals surface area contributed by atoms with Gasteiger partial charge in [0.15, 0.2) is 5.96 Å². The van der Waals surface area contributed by atoms with Crippen LogP contribution >= 0.6 is 24.0 Å². The number of guanidine groups is 1. The summed E-state index contributed by atoms with van der Waals surface area (Å²) < 4.78 is 5.39. The van der Waals surface area contributed by atoms with Crippen molar-refractivity contribution in [2.24, 2.45) is 16.1 Å². The molecule has 0 fully saturated rings. The van der Waals surface area contributed by atoms with Crippen LogP contribution in [0.2, 0.25) is 0 Å². The Morgan fingerprint density at radius 3 is 1.93 bits per heavy atom. The number of aliphatic imine (C=N–C) groups is 1. The molecule has 0 aromatic rings. The number of rotatable bonds is 9. The molecule has 0 unspecified atom stereocenters. The monoisotopic (exact) mass is 513 g/mol. The van der Waals surface area contributed by atoms with Crippen molar-refractivity contribution in [3.63, 3.8) is 0 Å². The molecule has 0 aromatic heterocycles. The molecule has 166 valence electrons. The largest absolute Gasteiger partial charge is 0.444 e. The summed E-state index contributed by atoms with van der Waals surface area (Å²) in [6, 6.07) is 0. The predicted molar refractivity (Wildman–Crippen MR) is 125 cm³/mol. The van der Waals surface area contributed by atoms with E-state index in [1.54, 1.807) is 13.8 Å². The van der Waals surface area contributed by atoms with E-state index in [0.717, 1.165) is 12.8 Å². The van der Waals surface area contributed by atoms with Gasteiger partial charge in [-0.25, -0.2) is 4.79 Å². The summed E-state index contributed by atoms with van der Waals surface area (Å²) in [4.78, 5) is 28.2. The van der Waals surface area contributed by atoms with Gasteiger partial charge < -0.3 is 26.4 Å². The maximum absolute atomic E-state index is 12.2. The fraction of sp³-hybridized carbons (Fsp3) is 0.842. The molecule has 0 radical (unpaired) electrons. The highest BCUT2D eigenvalue weighted by molar-refractivity contribution is 14.0. The van der Waals surface area contributed by atoms with Crippen molar-refractivity contribution in [1.82, 2.24) is 16.0 Å². The molecule has 0 saturated heterocycles. The topological polar surface area (TPSA) is 118 Å². The zero-order valence-electron chi connectivity index (χ0n) is 18.7. The van der Waals surface area contributed by atoms with Gasteiger partial charge in [0.05, 0.1) is 17.5 Å². The summed E-state index contributed by atoms with van der Waals surface area (Å²) >= 11 is 0. The van der Waals surface area contributed by atoms with Crippen LogP contribution in [0.15, 0.2) is 4.99 Å². The van der Waals surface area contributed by atoms with Crippen molar-refractivity contribution in [2.75, 3.05) is 19.6 Å². The normalized spacial score (nSPS) is 12.6. The Balaban J connectivity index is 0. The number of carbonyl (C=O) groups is 2. The van der Waals surface area contributed by atoms with E-state index in [-0.39, 0.29) is 30.5 Å². The van der Waals surface area contributed by atoms with Crippen molar-refractivity contribution in [3.8, 4) is 0 Å². The molecule has 0 rings (SSSR count). The first kappa shape index (κ1) is 28.9. The maximum Gasteiger partial charge on any atom is 0.408 e. The third-order valence-electron chi connectivity index (χ3n) is 4.36. The van der Waals surface area contributed by atoms with Gasteiger partial charge in [-0.2, -0.15) is 0 Å². The van der Waals surface area contributed by atoms with Crippen LogP contribution < -0.4 is 21.7 Å². The molecule has 0 aromatic carbocycles. The summed E-state index contributed by atoms with van der Waals surface area (Å²) in [6.45, 7) is 16.4. The lowest BCUT2D eigenvalue weighted by Gasteiger charge is -2.34. The smallest absolute Gasteiger partial charge is 0.408 e. The molecule has 5 N–H and O–H groups in total. The highest BCUT2D eigenvalue weighted by Crippen LogP contribution is 2.17. The summed E-state index contributed by atoms with van der Waals surface area (Å²) in [5.74, 6) is 0.175. The van der Waals surface area contributed by atoms with Crippen LogP contribution in [0.25, 0.3) is 0 Å². The molecule has 2 amide bonds. The lowest BCUT2D eigenvalue weighted by atomic mass is 9.92. The number of hydrogen-bond donors (Lipinski definition) is 4. The fourth-order valence-corrected chi connectivity index (χ4v) is 2.19. The molecule has 0 aliphatic heterocycles. The molecule has 0 bridgehead atoms. The summed E-state index contributed by atoms with van der Waals surface area (Å²) in [5, 5.41) is 9.40. The Bertz CT molecular complexity index is 526. The molecular formula is C19H40IN5O3. The number of carbonyl (C=O) groups excluding carboxylic acids is 2. The number of amides is 2. The standard InChI is InChI=1S/C19H39N5O3.HI/c1-9-19(10-2,24-16(26)27-17(4,5)6)13-23-15(21-11-3)22-12-18(7,8)14(20)25;/h9-13H2,1-8H3,(H2,20,25)(H,24,26)(H2,21,22,23);1H. The van der Waals surface area contributed by atoms with Crippen molar-refractivity contribution in [1.29, 1.82) is 0 Å². The quantitative estimate of drug-likeness (QED) is 0.215. The zero-order chi connectivity index (χ0) is 21.3. The Labute approximate surface area is 187 Å². The van der Waals surface area contributed by atoms with Crippen molar-refractivity contribution in [3.05, 3.63) is 0 Å². The van der Waals surface area contributed by atoms with E-state index in [4.69, 9.17) is 10.5 Å². The van der Waals surface area contributed by atoms with E-state index in [2.05, 4.69) is 20.9 Å². The lowest BCUT2D eigenvalue weighted by Crippen LogP contribution is -2.57. The van der Waals surface area contributed by atoms with Gasteiger partial charge in [0.2, 0.25) is 5.91 Å². The molecule has 0 aliphatic carbocycles. The number of ether oxygens (including phenoxy) is 1. The van der Waals surface area contributed by atoms with Crippen molar-refractivity contribution >= 4 is 41.9 Å². The average Bonchev–Trinajstić information content (AvgIpc) is 2.54. The molecule has 0 heterocycles. The molecule has 8 nitrogen and oxygen atoms in total. The van der Waals surface area contributed by atoms with E-state index < -0.39 is 28.6 Å². The minimum atomic E-state index is -0.732. The van der Waals surface area contributed by atoms with Crippen molar-refractivity contribution < 1.29 is 14.3 Å². The van der Waals surface area contributed by atoms with Gasteiger partial charge in [-0.3, -0.25) is 9.79 Å². The van der Waals surface area contributed by atoms with E-state index in [9.17, 15) is 9.59 Å².